The van der Waals surface area contributed by atoms with E-state index in [9.17, 15) is 13.6 Å². The van der Waals surface area contributed by atoms with Crippen LogP contribution in [-0.4, -0.2) is 17.6 Å². The Morgan fingerprint density at radius 1 is 1.62 bits per heavy atom. The molecule has 1 rings (SSSR count). The number of aryl methyl sites for hydroxylation is 1. The van der Waals surface area contributed by atoms with E-state index in [0.717, 1.165) is 0 Å². The Bertz CT molecular complexity index is 387. The summed E-state index contributed by atoms with van der Waals surface area (Å²) in [5.74, 6) is -0.530. The summed E-state index contributed by atoms with van der Waals surface area (Å²) in [5, 5.41) is 0. The first-order valence-electron chi connectivity index (χ1n) is 4.59. The van der Waals surface area contributed by atoms with E-state index >= 15 is 0 Å². The van der Waals surface area contributed by atoms with Crippen molar-refractivity contribution in [3.8, 4) is 0 Å². The van der Waals surface area contributed by atoms with Gasteiger partial charge < -0.3 is 4.74 Å². The molecule has 0 radical (unpaired) electrons. The molecule has 0 saturated heterocycles. The van der Waals surface area contributed by atoms with E-state index in [-0.39, 0.29) is 21.6 Å². The molecule has 0 aliphatic heterocycles. The maximum Gasteiger partial charge on any atom is 0.341 e. The van der Waals surface area contributed by atoms with Crippen molar-refractivity contribution in [3.63, 3.8) is 0 Å². The maximum absolute atomic E-state index is 12.4. The van der Waals surface area contributed by atoms with Gasteiger partial charge in [-0.25, -0.2) is 18.6 Å². The zero-order chi connectivity index (χ0) is 12.3. The summed E-state index contributed by atoms with van der Waals surface area (Å²) in [7, 11) is 0. The number of ether oxygens (including phenoxy) is 1. The van der Waals surface area contributed by atoms with Crippen molar-refractivity contribution in [3.05, 3.63) is 26.6 Å². The van der Waals surface area contributed by atoms with Gasteiger partial charge in [0.15, 0.2) is 0 Å². The van der Waals surface area contributed by atoms with Crippen LogP contribution < -0.4 is 0 Å². The molecule has 0 spiro atoms. The monoisotopic (exact) mass is 341 g/mol. The first-order chi connectivity index (χ1) is 7.47. The highest BCUT2D eigenvalue weighted by atomic mass is 127. The van der Waals surface area contributed by atoms with Crippen molar-refractivity contribution in [1.29, 1.82) is 0 Å². The van der Waals surface area contributed by atoms with Crippen molar-refractivity contribution in [2.45, 2.75) is 20.3 Å². The average Bonchev–Trinajstić information content (AvgIpc) is 2.16. The van der Waals surface area contributed by atoms with Gasteiger partial charge in [0.2, 0.25) is 0 Å². The van der Waals surface area contributed by atoms with E-state index in [1.54, 1.807) is 36.4 Å². The number of carbonyl (C=O) groups excluding carboxylic acids is 1. The Kier molecular flexibility index (Phi) is 4.57. The number of hydrogen-bond donors (Lipinski definition) is 0. The molecule has 88 valence electrons. The van der Waals surface area contributed by atoms with Crippen LogP contribution in [0.15, 0.2) is 6.07 Å². The van der Waals surface area contributed by atoms with Gasteiger partial charge in [-0.15, -0.1) is 0 Å². The van der Waals surface area contributed by atoms with E-state index in [2.05, 4.69) is 4.98 Å². The standard InChI is InChI=1S/C10H10F2INO2/c1-3-16-10(15)7-5(2)4-6(8(11)12)14-9(7)13/h4,8H,3H2,1-2H3. The number of halogens is 3. The smallest absolute Gasteiger partial charge is 0.341 e. The zero-order valence-corrected chi connectivity index (χ0v) is 10.9. The molecule has 0 aromatic carbocycles. The Labute approximate surface area is 105 Å². The Morgan fingerprint density at radius 3 is 2.69 bits per heavy atom. The Morgan fingerprint density at radius 2 is 2.25 bits per heavy atom. The van der Waals surface area contributed by atoms with Crippen LogP contribution in [0.25, 0.3) is 0 Å². The van der Waals surface area contributed by atoms with E-state index < -0.39 is 12.4 Å². The van der Waals surface area contributed by atoms with Gasteiger partial charge in [0, 0.05) is 0 Å². The predicted molar refractivity (Wildman–Crippen MR) is 62.6 cm³/mol. The van der Waals surface area contributed by atoms with E-state index in [1.807, 2.05) is 0 Å². The van der Waals surface area contributed by atoms with Crippen molar-refractivity contribution in [2.24, 2.45) is 0 Å². The normalized spacial score (nSPS) is 10.6. The van der Waals surface area contributed by atoms with Gasteiger partial charge in [0.1, 0.15) is 9.39 Å². The predicted octanol–water partition coefficient (Wildman–Crippen LogP) is 3.11. The third-order valence-electron chi connectivity index (χ3n) is 1.90. The van der Waals surface area contributed by atoms with Crippen LogP contribution in [-0.2, 0) is 4.74 Å². The van der Waals surface area contributed by atoms with Crippen LogP contribution in [0.5, 0.6) is 0 Å². The lowest BCUT2D eigenvalue weighted by molar-refractivity contribution is 0.0523. The molecule has 0 fully saturated rings. The fourth-order valence-corrected chi connectivity index (χ4v) is 2.14. The lowest BCUT2D eigenvalue weighted by Gasteiger charge is -2.09. The van der Waals surface area contributed by atoms with Crippen LogP contribution in [0.1, 0.15) is 35.0 Å². The number of alkyl halides is 2. The number of nitrogens with zero attached hydrogens (tertiary/aromatic N) is 1. The van der Waals surface area contributed by atoms with Crippen molar-refractivity contribution in [2.75, 3.05) is 6.61 Å². The number of aromatic nitrogens is 1. The van der Waals surface area contributed by atoms with Crippen LogP contribution in [0, 0.1) is 10.6 Å². The number of carbonyl (C=O) groups is 1. The molecule has 0 saturated carbocycles. The zero-order valence-electron chi connectivity index (χ0n) is 8.76. The van der Waals surface area contributed by atoms with E-state index in [4.69, 9.17) is 4.74 Å². The minimum Gasteiger partial charge on any atom is -0.462 e. The fourth-order valence-electron chi connectivity index (χ4n) is 1.22. The molecule has 0 bridgehead atoms. The minimum absolute atomic E-state index is 0.241. The average molecular weight is 341 g/mol. The first-order valence-corrected chi connectivity index (χ1v) is 5.67. The van der Waals surface area contributed by atoms with Crippen LogP contribution in [0.2, 0.25) is 0 Å². The van der Waals surface area contributed by atoms with Crippen molar-refractivity contribution < 1.29 is 18.3 Å². The second-order valence-corrected chi connectivity index (χ2v) is 4.07. The van der Waals surface area contributed by atoms with Gasteiger partial charge in [-0.1, -0.05) is 0 Å². The molecular formula is C10H10F2INO2. The molecule has 3 nitrogen and oxygen atoms in total. The molecule has 0 aliphatic carbocycles. The quantitative estimate of drug-likeness (QED) is 0.482. The minimum atomic E-state index is -2.64. The summed E-state index contributed by atoms with van der Waals surface area (Å²) < 4.78 is 29.9. The number of rotatable bonds is 3. The molecule has 1 aromatic rings. The lowest BCUT2D eigenvalue weighted by Crippen LogP contribution is -2.11. The molecule has 1 heterocycles. The maximum atomic E-state index is 12.4. The number of hydrogen-bond acceptors (Lipinski definition) is 3. The van der Waals surface area contributed by atoms with Gasteiger partial charge in [0.05, 0.1) is 12.2 Å². The van der Waals surface area contributed by atoms with Gasteiger partial charge in [-0.3, -0.25) is 0 Å². The van der Waals surface area contributed by atoms with Gasteiger partial charge >= 0.3 is 5.97 Å². The second-order valence-electron chi connectivity index (χ2n) is 3.05. The first kappa shape index (κ1) is 13.3. The van der Waals surface area contributed by atoms with Gasteiger partial charge in [-0.05, 0) is 48.1 Å². The summed E-state index contributed by atoms with van der Waals surface area (Å²) >= 11 is 1.75. The topological polar surface area (TPSA) is 39.2 Å². The highest BCUT2D eigenvalue weighted by Crippen LogP contribution is 2.23. The molecular weight excluding hydrogens is 331 g/mol. The summed E-state index contributed by atoms with van der Waals surface area (Å²) in [4.78, 5) is 15.2. The molecule has 0 atom stereocenters. The van der Waals surface area contributed by atoms with Crippen molar-refractivity contribution in [1.82, 2.24) is 4.98 Å². The highest BCUT2D eigenvalue weighted by Gasteiger charge is 2.19. The third-order valence-corrected chi connectivity index (χ3v) is 2.68. The molecule has 16 heavy (non-hydrogen) atoms. The van der Waals surface area contributed by atoms with Crippen molar-refractivity contribution >= 4 is 28.6 Å². The summed E-state index contributed by atoms with van der Waals surface area (Å²) in [5.41, 5.74) is 0.384. The summed E-state index contributed by atoms with van der Waals surface area (Å²) in [6.07, 6.45) is -2.64. The molecule has 6 heteroatoms. The van der Waals surface area contributed by atoms with Crippen LogP contribution in [0.4, 0.5) is 8.78 Å². The van der Waals surface area contributed by atoms with E-state index in [1.165, 1.54) is 6.07 Å². The SMILES string of the molecule is CCOC(=O)c1c(C)cc(C(F)F)nc1I. The van der Waals surface area contributed by atoms with Gasteiger partial charge in [0.25, 0.3) is 6.43 Å². The number of pyridine rings is 1. The van der Waals surface area contributed by atoms with Gasteiger partial charge in [-0.2, -0.15) is 0 Å². The second kappa shape index (κ2) is 5.51. The van der Waals surface area contributed by atoms with E-state index in [0.29, 0.717) is 5.56 Å². The molecule has 0 N–H and O–H groups in total. The Hall–Kier alpha value is -0.790. The molecule has 0 aliphatic rings. The molecule has 1 aromatic heterocycles. The summed E-state index contributed by atoms with van der Waals surface area (Å²) in [6.45, 7) is 3.51. The third kappa shape index (κ3) is 2.87. The lowest BCUT2D eigenvalue weighted by atomic mass is 10.1. The molecule has 0 unspecified atom stereocenters. The largest absolute Gasteiger partial charge is 0.462 e. The molecule has 0 amide bonds. The summed E-state index contributed by atoms with van der Waals surface area (Å²) in [6, 6.07) is 1.21. The van der Waals surface area contributed by atoms with Crippen LogP contribution >= 0.6 is 22.6 Å². The highest BCUT2D eigenvalue weighted by molar-refractivity contribution is 14.1. The number of esters is 1. The fraction of sp³-hybridized carbons (Fsp3) is 0.400. The Balaban J connectivity index is 3.17. The van der Waals surface area contributed by atoms with Crippen LogP contribution in [0.3, 0.4) is 0 Å².